The van der Waals surface area contributed by atoms with Crippen LogP contribution in [0.15, 0.2) is 24.3 Å². The second-order valence-electron chi connectivity index (χ2n) is 7.60. The van der Waals surface area contributed by atoms with Gasteiger partial charge >= 0.3 is 12.0 Å². The number of anilines is 1. The van der Waals surface area contributed by atoms with Crippen LogP contribution in [0.2, 0.25) is 0 Å². The van der Waals surface area contributed by atoms with Crippen LogP contribution in [0, 0.1) is 6.92 Å². The number of thiophene rings is 1. The third-order valence-electron chi connectivity index (χ3n) is 5.76. The Morgan fingerprint density at radius 2 is 1.89 bits per heavy atom. The fourth-order valence-corrected chi connectivity index (χ4v) is 5.55. The first kappa shape index (κ1) is 19.0. The summed E-state index contributed by atoms with van der Waals surface area (Å²) in [5.74, 6) is -0.355. The van der Waals surface area contributed by atoms with E-state index in [1.54, 1.807) is 0 Å². The molecule has 1 saturated heterocycles. The number of carbonyl (C=O) groups excluding carboxylic acids is 2. The van der Waals surface area contributed by atoms with E-state index < -0.39 is 0 Å². The SMILES string of the molecule is COC(=O)c1c(NC(=O)N2CCC[C@@H]2c2ccc(C)cc2)sc2c1CCCC2. The Balaban J connectivity index is 1.58. The topological polar surface area (TPSA) is 58.6 Å². The van der Waals surface area contributed by atoms with E-state index in [1.807, 2.05) is 4.90 Å². The van der Waals surface area contributed by atoms with Crippen molar-refractivity contribution in [2.45, 2.75) is 51.5 Å². The van der Waals surface area contributed by atoms with Crippen LogP contribution in [0.4, 0.5) is 9.80 Å². The molecular formula is C22H26N2O3S. The van der Waals surface area contributed by atoms with Crippen molar-refractivity contribution in [2.75, 3.05) is 19.0 Å². The maximum Gasteiger partial charge on any atom is 0.341 e. The maximum atomic E-state index is 13.1. The fourth-order valence-electron chi connectivity index (χ4n) is 4.29. The molecule has 6 heteroatoms. The summed E-state index contributed by atoms with van der Waals surface area (Å²) in [5, 5.41) is 3.68. The number of ether oxygens (including phenoxy) is 1. The van der Waals surface area contributed by atoms with Gasteiger partial charge in [0.2, 0.25) is 0 Å². The Morgan fingerprint density at radius 1 is 1.14 bits per heavy atom. The van der Waals surface area contributed by atoms with Crippen molar-refractivity contribution >= 4 is 28.3 Å². The Hall–Kier alpha value is -2.34. The normalized spacial score (nSPS) is 18.6. The van der Waals surface area contributed by atoms with Gasteiger partial charge in [-0.25, -0.2) is 9.59 Å². The van der Waals surface area contributed by atoms with Crippen LogP contribution in [0.5, 0.6) is 0 Å². The van der Waals surface area contributed by atoms with Crippen molar-refractivity contribution in [1.29, 1.82) is 0 Å². The lowest BCUT2D eigenvalue weighted by Gasteiger charge is -2.25. The molecule has 28 heavy (non-hydrogen) atoms. The molecule has 1 atom stereocenters. The lowest BCUT2D eigenvalue weighted by Crippen LogP contribution is -2.34. The number of hydrogen-bond acceptors (Lipinski definition) is 4. The summed E-state index contributed by atoms with van der Waals surface area (Å²) in [5.41, 5.74) is 4.00. The van der Waals surface area contributed by atoms with E-state index in [0.717, 1.165) is 56.2 Å². The van der Waals surface area contributed by atoms with E-state index in [2.05, 4.69) is 36.5 Å². The molecule has 1 aromatic heterocycles. The Labute approximate surface area is 169 Å². The van der Waals surface area contributed by atoms with Crippen LogP contribution in [0.25, 0.3) is 0 Å². The Morgan fingerprint density at radius 3 is 2.64 bits per heavy atom. The summed E-state index contributed by atoms with van der Waals surface area (Å²) < 4.78 is 5.01. The third-order valence-corrected chi connectivity index (χ3v) is 6.96. The number of nitrogens with zero attached hydrogens (tertiary/aromatic N) is 1. The van der Waals surface area contributed by atoms with Crippen LogP contribution < -0.4 is 5.32 Å². The molecule has 1 aliphatic carbocycles. The van der Waals surface area contributed by atoms with Crippen molar-refractivity contribution in [3.05, 3.63) is 51.4 Å². The summed E-state index contributed by atoms with van der Waals surface area (Å²) in [4.78, 5) is 28.6. The highest BCUT2D eigenvalue weighted by Gasteiger charge is 2.32. The second kappa shape index (κ2) is 7.95. The summed E-state index contributed by atoms with van der Waals surface area (Å²) in [7, 11) is 1.40. The number of likely N-dealkylation sites (tertiary alicyclic amines) is 1. The molecule has 1 N–H and O–H groups in total. The smallest absolute Gasteiger partial charge is 0.341 e. The first-order valence-corrected chi connectivity index (χ1v) is 10.8. The summed E-state index contributed by atoms with van der Waals surface area (Å²) >= 11 is 1.53. The van der Waals surface area contributed by atoms with E-state index in [0.29, 0.717) is 10.6 Å². The number of urea groups is 1. The lowest BCUT2D eigenvalue weighted by molar-refractivity contribution is 0.0601. The summed E-state index contributed by atoms with van der Waals surface area (Å²) in [6, 6.07) is 8.34. The number of hydrogen-bond donors (Lipinski definition) is 1. The van der Waals surface area contributed by atoms with Crippen molar-refractivity contribution in [1.82, 2.24) is 4.90 Å². The number of methoxy groups -OCH3 is 1. The number of nitrogens with one attached hydrogen (secondary N) is 1. The predicted octanol–water partition coefficient (Wildman–Crippen LogP) is 5.09. The zero-order chi connectivity index (χ0) is 19.7. The highest BCUT2D eigenvalue weighted by Crippen LogP contribution is 2.39. The van der Waals surface area contributed by atoms with E-state index in [9.17, 15) is 9.59 Å². The summed E-state index contributed by atoms with van der Waals surface area (Å²) in [6.07, 6.45) is 5.99. The third kappa shape index (κ3) is 3.53. The van der Waals surface area contributed by atoms with Crippen LogP contribution in [0.3, 0.4) is 0 Å². The molecule has 2 aliphatic rings. The lowest BCUT2D eigenvalue weighted by atomic mass is 9.95. The van der Waals surface area contributed by atoms with Crippen LogP contribution in [-0.4, -0.2) is 30.6 Å². The van der Waals surface area contributed by atoms with Gasteiger partial charge in [-0.2, -0.15) is 0 Å². The average Bonchev–Trinajstić information content (AvgIpc) is 3.32. The maximum absolute atomic E-state index is 13.1. The highest BCUT2D eigenvalue weighted by molar-refractivity contribution is 7.17. The molecule has 2 heterocycles. The highest BCUT2D eigenvalue weighted by atomic mass is 32.1. The molecule has 0 spiro atoms. The fraction of sp³-hybridized carbons (Fsp3) is 0.455. The van der Waals surface area contributed by atoms with Gasteiger partial charge in [0, 0.05) is 11.4 Å². The zero-order valence-corrected chi connectivity index (χ0v) is 17.2. The molecule has 1 fully saturated rings. The van der Waals surface area contributed by atoms with Gasteiger partial charge in [-0.15, -0.1) is 11.3 Å². The minimum absolute atomic E-state index is 0.0803. The van der Waals surface area contributed by atoms with Crippen molar-refractivity contribution in [2.24, 2.45) is 0 Å². The monoisotopic (exact) mass is 398 g/mol. The zero-order valence-electron chi connectivity index (χ0n) is 16.4. The standard InChI is InChI=1S/C22H26N2O3S/c1-14-9-11-15(12-10-14)17-7-5-13-24(17)22(26)23-20-19(21(25)27-2)16-6-3-4-8-18(16)28-20/h9-12,17H,3-8,13H2,1-2H3,(H,23,26)/t17-/m1/s1. The molecule has 1 aliphatic heterocycles. The molecule has 1 aromatic carbocycles. The van der Waals surface area contributed by atoms with E-state index in [4.69, 9.17) is 4.74 Å². The number of esters is 1. The van der Waals surface area contributed by atoms with Crippen molar-refractivity contribution in [3.8, 4) is 0 Å². The minimum atomic E-state index is -0.355. The number of fused-ring (bicyclic) bond motifs is 1. The molecule has 5 nitrogen and oxygen atoms in total. The number of rotatable bonds is 3. The van der Waals surface area contributed by atoms with Gasteiger partial charge in [-0.3, -0.25) is 5.32 Å². The molecule has 0 radical (unpaired) electrons. The minimum Gasteiger partial charge on any atom is -0.465 e. The number of amides is 2. The van der Waals surface area contributed by atoms with Crippen LogP contribution >= 0.6 is 11.3 Å². The number of benzene rings is 1. The largest absolute Gasteiger partial charge is 0.465 e. The van der Waals surface area contributed by atoms with E-state index in [1.165, 1.54) is 28.9 Å². The Kier molecular flexibility index (Phi) is 5.40. The average molecular weight is 399 g/mol. The quantitative estimate of drug-likeness (QED) is 0.733. The van der Waals surface area contributed by atoms with Crippen molar-refractivity contribution < 1.29 is 14.3 Å². The van der Waals surface area contributed by atoms with E-state index in [-0.39, 0.29) is 18.0 Å². The summed E-state index contributed by atoms with van der Waals surface area (Å²) in [6.45, 7) is 2.79. The predicted molar refractivity (Wildman–Crippen MR) is 111 cm³/mol. The van der Waals surface area contributed by atoms with Gasteiger partial charge in [-0.05, 0) is 56.6 Å². The Bertz CT molecular complexity index is 888. The van der Waals surface area contributed by atoms with E-state index >= 15 is 0 Å². The first-order chi connectivity index (χ1) is 13.6. The molecule has 4 rings (SSSR count). The van der Waals surface area contributed by atoms with Gasteiger partial charge in [0.15, 0.2) is 0 Å². The van der Waals surface area contributed by atoms with Crippen LogP contribution in [0.1, 0.15) is 63.7 Å². The molecule has 2 aromatic rings. The number of carbonyl (C=O) groups is 2. The number of aryl methyl sites for hydroxylation is 2. The van der Waals surface area contributed by atoms with Crippen molar-refractivity contribution in [3.63, 3.8) is 0 Å². The molecule has 0 unspecified atom stereocenters. The molecular weight excluding hydrogens is 372 g/mol. The van der Waals surface area contributed by atoms with Gasteiger partial charge in [-0.1, -0.05) is 29.8 Å². The van der Waals surface area contributed by atoms with Gasteiger partial charge < -0.3 is 9.64 Å². The van der Waals surface area contributed by atoms with Gasteiger partial charge in [0.25, 0.3) is 0 Å². The molecule has 0 bridgehead atoms. The van der Waals surface area contributed by atoms with Crippen LogP contribution in [-0.2, 0) is 17.6 Å². The molecule has 2 amide bonds. The second-order valence-corrected chi connectivity index (χ2v) is 8.70. The molecule has 148 valence electrons. The van der Waals surface area contributed by atoms with Gasteiger partial charge in [0.05, 0.1) is 18.7 Å². The molecule has 0 saturated carbocycles. The first-order valence-electron chi connectivity index (χ1n) is 9.95. The van der Waals surface area contributed by atoms with Gasteiger partial charge in [0.1, 0.15) is 5.00 Å².